The molecule has 0 spiro atoms. The highest BCUT2D eigenvalue weighted by atomic mass is 32.2. The molecule has 0 radical (unpaired) electrons. The van der Waals surface area contributed by atoms with Gasteiger partial charge in [0.2, 0.25) is 6.79 Å². The van der Waals surface area contributed by atoms with Crippen LogP contribution in [-0.4, -0.2) is 33.6 Å². The lowest BCUT2D eigenvalue weighted by Gasteiger charge is -2.33. The molecule has 3 aliphatic rings. The van der Waals surface area contributed by atoms with Crippen molar-refractivity contribution < 1.29 is 19.2 Å². The van der Waals surface area contributed by atoms with Crippen molar-refractivity contribution >= 4 is 34.2 Å². The monoisotopic (exact) mass is 437 g/mol. The second-order valence-electron chi connectivity index (χ2n) is 6.69. The third kappa shape index (κ3) is 3.19. The third-order valence-electron chi connectivity index (χ3n) is 4.85. The summed E-state index contributed by atoms with van der Waals surface area (Å²) >= 11 is 1.29. The molecule has 156 valence electrons. The van der Waals surface area contributed by atoms with Gasteiger partial charge in [-0.3, -0.25) is 25.2 Å². The molecule has 1 amide bonds. The van der Waals surface area contributed by atoms with E-state index in [1.54, 1.807) is 30.3 Å². The Labute approximate surface area is 179 Å². The van der Waals surface area contributed by atoms with Crippen LogP contribution < -0.4 is 25.4 Å². The zero-order valence-corrected chi connectivity index (χ0v) is 16.8. The maximum absolute atomic E-state index is 13.0. The van der Waals surface area contributed by atoms with E-state index in [1.807, 2.05) is 0 Å². The number of benzene rings is 2. The Morgan fingerprint density at radius 3 is 2.87 bits per heavy atom. The molecular weight excluding hydrogens is 422 g/mol. The fourth-order valence-electron chi connectivity index (χ4n) is 3.54. The lowest BCUT2D eigenvalue weighted by Crippen LogP contribution is -2.50. The van der Waals surface area contributed by atoms with E-state index in [1.165, 1.54) is 28.9 Å². The van der Waals surface area contributed by atoms with Crippen molar-refractivity contribution in [2.24, 2.45) is 10.1 Å². The molecule has 1 atom stereocenters. The summed E-state index contributed by atoms with van der Waals surface area (Å²) in [4.78, 5) is 29.1. The van der Waals surface area contributed by atoms with E-state index in [4.69, 9.17) is 14.5 Å². The fourth-order valence-corrected chi connectivity index (χ4v) is 4.13. The van der Waals surface area contributed by atoms with Crippen LogP contribution in [0.4, 0.5) is 5.69 Å². The number of nitrogens with one attached hydrogen (secondary N) is 1. The normalized spacial score (nSPS) is 18.4. The molecule has 2 aromatic carbocycles. The smallest absolute Gasteiger partial charge is 0.280 e. The number of hydrazone groups is 1. The van der Waals surface area contributed by atoms with Gasteiger partial charge in [-0.1, -0.05) is 36.0 Å². The predicted octanol–water partition coefficient (Wildman–Crippen LogP) is 1.39. The molecule has 3 heterocycles. The molecule has 0 saturated carbocycles. The topological polar surface area (TPSA) is 119 Å². The highest BCUT2D eigenvalue weighted by molar-refractivity contribution is 8.14. The van der Waals surface area contributed by atoms with E-state index < -0.39 is 11.1 Å². The van der Waals surface area contributed by atoms with Gasteiger partial charge in [-0.15, -0.1) is 11.7 Å². The quantitative estimate of drug-likeness (QED) is 0.436. The van der Waals surface area contributed by atoms with E-state index in [9.17, 15) is 14.9 Å². The third-order valence-corrected chi connectivity index (χ3v) is 5.71. The minimum atomic E-state index is -0.940. The molecule has 2 aromatic rings. The Hall–Kier alpha value is -3.86. The van der Waals surface area contributed by atoms with Gasteiger partial charge in [-0.2, -0.15) is 0 Å². The number of fused-ring (bicyclic) bond motifs is 3. The van der Waals surface area contributed by atoms with Crippen LogP contribution in [0.5, 0.6) is 11.5 Å². The summed E-state index contributed by atoms with van der Waals surface area (Å²) in [7, 11) is 0. The molecule has 5 rings (SSSR count). The number of carbonyl (C=O) groups excluding carboxylic acids is 1. The number of carbonyl (C=O) groups is 1. The average molecular weight is 437 g/mol. The Balaban J connectivity index is 1.74. The van der Waals surface area contributed by atoms with E-state index in [0.29, 0.717) is 27.2 Å². The molecule has 0 aromatic heterocycles. The highest BCUT2D eigenvalue weighted by Gasteiger charge is 2.38. The fraction of sp³-hybridized carbons (Fsp3) is 0.150. The molecule has 0 fully saturated rings. The lowest BCUT2D eigenvalue weighted by atomic mass is 10.1. The summed E-state index contributed by atoms with van der Waals surface area (Å²) in [5.41, 5.74) is 0.316. The van der Waals surface area contributed by atoms with Crippen molar-refractivity contribution in [1.29, 1.82) is 0 Å². The van der Waals surface area contributed by atoms with E-state index in [0.717, 1.165) is 0 Å². The number of nitro groups is 1. The molecule has 1 N–H and O–H groups in total. The first-order valence-corrected chi connectivity index (χ1v) is 10.2. The largest absolute Gasteiger partial charge is 0.454 e. The lowest BCUT2D eigenvalue weighted by molar-refractivity contribution is -0.386. The van der Waals surface area contributed by atoms with Crippen LogP contribution in [0.15, 0.2) is 59.1 Å². The SMILES string of the molecule is C=CCSC1=NN2C(=c3ccccc3=N[C@@H]2c2cc3c(cc2[N+](=O)[O-])OCO3)C(=O)N1. The number of thioether (sulfide) groups is 1. The Morgan fingerprint density at radius 2 is 2.10 bits per heavy atom. The molecule has 0 bridgehead atoms. The van der Waals surface area contributed by atoms with Crippen molar-refractivity contribution in [3.05, 3.63) is 75.3 Å². The van der Waals surface area contributed by atoms with Gasteiger partial charge in [0.25, 0.3) is 11.6 Å². The number of nitrogens with zero attached hydrogens (tertiary/aromatic N) is 4. The van der Waals surface area contributed by atoms with Gasteiger partial charge in [-0.05, 0) is 12.1 Å². The molecule has 0 aliphatic carbocycles. The van der Waals surface area contributed by atoms with Gasteiger partial charge in [0.05, 0.1) is 21.9 Å². The number of nitro benzene ring substituents is 1. The Kier molecular flexibility index (Phi) is 4.59. The first-order valence-electron chi connectivity index (χ1n) is 9.25. The van der Waals surface area contributed by atoms with Crippen molar-refractivity contribution in [2.75, 3.05) is 12.5 Å². The molecule has 0 unspecified atom stereocenters. The van der Waals surface area contributed by atoms with E-state index in [-0.39, 0.29) is 35.4 Å². The summed E-state index contributed by atoms with van der Waals surface area (Å²) in [6.45, 7) is 3.65. The maximum atomic E-state index is 13.0. The van der Waals surface area contributed by atoms with Gasteiger partial charge in [-0.25, -0.2) is 5.01 Å². The number of hydrogen-bond donors (Lipinski definition) is 1. The molecule has 10 nitrogen and oxygen atoms in total. The van der Waals surface area contributed by atoms with Crippen molar-refractivity contribution in [2.45, 2.75) is 6.17 Å². The van der Waals surface area contributed by atoms with Gasteiger partial charge in [0, 0.05) is 11.0 Å². The standard InChI is InChI=1S/C20H15N5O5S/c1-2-7-31-20-22-19(26)17-11-5-3-4-6-13(11)21-18(24(17)23-20)12-8-15-16(30-10-29-15)9-14(12)25(27)28/h2-6,8-9,18H,1,7,10H2,(H,22,23,26)/t18-/m0/s1. The zero-order valence-electron chi connectivity index (χ0n) is 16.0. The second kappa shape index (κ2) is 7.43. The van der Waals surface area contributed by atoms with Gasteiger partial charge in [0.1, 0.15) is 5.70 Å². The Bertz CT molecular complexity index is 1290. The second-order valence-corrected chi connectivity index (χ2v) is 7.70. The van der Waals surface area contributed by atoms with Crippen LogP contribution in [0.3, 0.4) is 0 Å². The number of para-hydroxylation sites is 1. The maximum Gasteiger partial charge on any atom is 0.280 e. The number of rotatable bonds is 4. The van der Waals surface area contributed by atoms with Crippen LogP contribution in [0, 0.1) is 10.1 Å². The molecule has 11 heteroatoms. The van der Waals surface area contributed by atoms with Gasteiger partial charge >= 0.3 is 0 Å². The average Bonchev–Trinajstić information content (AvgIpc) is 3.23. The minimum absolute atomic E-state index is 0.0232. The van der Waals surface area contributed by atoms with Crippen LogP contribution in [0.1, 0.15) is 11.7 Å². The Morgan fingerprint density at radius 1 is 1.32 bits per heavy atom. The van der Waals surface area contributed by atoms with Crippen molar-refractivity contribution in [1.82, 2.24) is 10.3 Å². The first-order chi connectivity index (χ1) is 15.1. The number of amidine groups is 1. The molecule has 31 heavy (non-hydrogen) atoms. The molecular formula is C20H15N5O5S. The predicted molar refractivity (Wildman–Crippen MR) is 113 cm³/mol. The van der Waals surface area contributed by atoms with E-state index in [2.05, 4.69) is 17.0 Å². The van der Waals surface area contributed by atoms with Crippen LogP contribution in [0.2, 0.25) is 0 Å². The zero-order chi connectivity index (χ0) is 21.5. The van der Waals surface area contributed by atoms with Gasteiger partial charge in [0.15, 0.2) is 22.8 Å². The van der Waals surface area contributed by atoms with Crippen LogP contribution in [-0.2, 0) is 4.79 Å². The van der Waals surface area contributed by atoms with Gasteiger partial charge < -0.3 is 9.47 Å². The summed E-state index contributed by atoms with van der Waals surface area (Å²) in [6.07, 6.45) is 0.749. The number of amides is 1. The molecule has 3 aliphatic heterocycles. The minimum Gasteiger partial charge on any atom is -0.454 e. The number of ether oxygens (including phenoxy) is 2. The number of hydrogen-bond acceptors (Lipinski definition) is 9. The van der Waals surface area contributed by atoms with Crippen LogP contribution >= 0.6 is 11.8 Å². The van der Waals surface area contributed by atoms with Crippen molar-refractivity contribution in [3.8, 4) is 11.5 Å². The summed E-state index contributed by atoms with van der Waals surface area (Å²) in [6, 6.07) is 9.95. The van der Waals surface area contributed by atoms with E-state index >= 15 is 0 Å². The highest BCUT2D eigenvalue weighted by Crippen LogP contribution is 2.43. The van der Waals surface area contributed by atoms with Crippen molar-refractivity contribution in [3.63, 3.8) is 0 Å². The van der Waals surface area contributed by atoms with Crippen LogP contribution in [0.25, 0.3) is 5.70 Å². The summed E-state index contributed by atoms with van der Waals surface area (Å²) in [5, 5.41) is 22.1. The molecule has 0 saturated heterocycles. The first kappa shape index (κ1) is 19.1. The summed E-state index contributed by atoms with van der Waals surface area (Å²) < 4.78 is 10.7. The summed E-state index contributed by atoms with van der Waals surface area (Å²) in [5.74, 6) is 0.836.